The minimum atomic E-state index is -0.0170. The number of rotatable bonds is 5. The lowest BCUT2D eigenvalue weighted by molar-refractivity contribution is 0.0909. The maximum absolute atomic E-state index is 12.6. The van der Waals surface area contributed by atoms with E-state index in [2.05, 4.69) is 37.9 Å². The monoisotopic (exact) mass is 367 g/mol. The molecule has 0 atom stereocenters. The van der Waals surface area contributed by atoms with Crippen LogP contribution >= 0.6 is 11.3 Å². The highest BCUT2D eigenvalue weighted by molar-refractivity contribution is 7.09. The summed E-state index contributed by atoms with van der Waals surface area (Å²) < 4.78 is 1.79. The summed E-state index contributed by atoms with van der Waals surface area (Å²) in [5, 5.41) is 12.9. The summed E-state index contributed by atoms with van der Waals surface area (Å²) in [6, 6.07) is 12.0. The highest BCUT2D eigenvalue weighted by Crippen LogP contribution is 2.17. The van der Waals surface area contributed by atoms with Crippen molar-refractivity contribution in [3.8, 4) is 5.69 Å². The fourth-order valence-corrected chi connectivity index (χ4v) is 4.02. The number of piperidine rings is 1. The normalized spacial score (nSPS) is 15.8. The number of amides is 1. The number of carbonyl (C=O) groups excluding carboxylic acids is 1. The molecule has 1 saturated heterocycles. The van der Waals surface area contributed by atoms with E-state index in [0.717, 1.165) is 38.2 Å². The van der Waals surface area contributed by atoms with Gasteiger partial charge in [0.1, 0.15) is 12.7 Å². The van der Waals surface area contributed by atoms with Gasteiger partial charge in [-0.2, -0.15) is 0 Å². The van der Waals surface area contributed by atoms with Gasteiger partial charge >= 0.3 is 0 Å². The first kappa shape index (κ1) is 16.9. The van der Waals surface area contributed by atoms with Crippen molar-refractivity contribution in [3.63, 3.8) is 0 Å². The maximum atomic E-state index is 12.6. The zero-order valence-electron chi connectivity index (χ0n) is 14.4. The van der Waals surface area contributed by atoms with E-state index in [9.17, 15) is 4.79 Å². The summed E-state index contributed by atoms with van der Waals surface area (Å²) in [7, 11) is 0. The number of carbonyl (C=O) groups is 1. The van der Waals surface area contributed by atoms with Gasteiger partial charge in [0.15, 0.2) is 0 Å². The number of aromatic nitrogens is 3. The largest absolute Gasteiger partial charge is 0.349 e. The topological polar surface area (TPSA) is 63.1 Å². The summed E-state index contributed by atoms with van der Waals surface area (Å²) in [5.41, 5.74) is 1.55. The van der Waals surface area contributed by atoms with E-state index in [4.69, 9.17) is 0 Å². The van der Waals surface area contributed by atoms with Gasteiger partial charge in [0.25, 0.3) is 5.91 Å². The highest BCUT2D eigenvalue weighted by atomic mass is 32.1. The molecule has 1 amide bonds. The highest BCUT2D eigenvalue weighted by Gasteiger charge is 2.21. The van der Waals surface area contributed by atoms with Crippen molar-refractivity contribution in [1.82, 2.24) is 25.0 Å². The number of benzene rings is 1. The SMILES string of the molecule is O=C(NC1CCN(Cc2cccs2)CC1)c1cccc(-n2cnnc2)c1. The van der Waals surface area contributed by atoms with Crippen molar-refractivity contribution in [2.45, 2.75) is 25.4 Å². The number of hydrogen-bond donors (Lipinski definition) is 1. The van der Waals surface area contributed by atoms with Gasteiger partial charge in [-0.15, -0.1) is 21.5 Å². The van der Waals surface area contributed by atoms with Gasteiger partial charge in [-0.05, 0) is 42.5 Å². The lowest BCUT2D eigenvalue weighted by Crippen LogP contribution is -2.44. The second-order valence-electron chi connectivity index (χ2n) is 6.52. The van der Waals surface area contributed by atoms with Crippen LogP contribution < -0.4 is 5.32 Å². The third-order valence-electron chi connectivity index (χ3n) is 4.71. The number of nitrogens with one attached hydrogen (secondary N) is 1. The first-order chi connectivity index (χ1) is 12.8. The number of likely N-dealkylation sites (tertiary alicyclic amines) is 1. The van der Waals surface area contributed by atoms with Gasteiger partial charge in [0.2, 0.25) is 0 Å². The molecule has 3 aromatic rings. The third-order valence-corrected chi connectivity index (χ3v) is 5.57. The van der Waals surface area contributed by atoms with Crippen LogP contribution in [0.1, 0.15) is 28.1 Å². The van der Waals surface area contributed by atoms with E-state index in [1.54, 1.807) is 28.6 Å². The second-order valence-corrected chi connectivity index (χ2v) is 7.55. The van der Waals surface area contributed by atoms with Gasteiger partial charge in [0, 0.05) is 41.8 Å². The lowest BCUT2D eigenvalue weighted by Gasteiger charge is -2.32. The van der Waals surface area contributed by atoms with Crippen molar-refractivity contribution < 1.29 is 4.79 Å². The Morgan fingerprint density at radius 2 is 1.96 bits per heavy atom. The smallest absolute Gasteiger partial charge is 0.251 e. The van der Waals surface area contributed by atoms with Crippen LogP contribution in [-0.2, 0) is 6.54 Å². The minimum Gasteiger partial charge on any atom is -0.349 e. The Hall–Kier alpha value is -2.51. The zero-order valence-corrected chi connectivity index (χ0v) is 15.2. The molecule has 2 aromatic heterocycles. The number of thiophene rings is 1. The van der Waals surface area contributed by atoms with Crippen LogP contribution in [0.2, 0.25) is 0 Å². The van der Waals surface area contributed by atoms with Crippen LogP contribution in [0, 0.1) is 0 Å². The molecule has 0 radical (unpaired) electrons. The van der Waals surface area contributed by atoms with Gasteiger partial charge in [0.05, 0.1) is 0 Å². The molecule has 7 heteroatoms. The molecule has 0 unspecified atom stereocenters. The fourth-order valence-electron chi connectivity index (χ4n) is 3.27. The average molecular weight is 367 g/mol. The van der Waals surface area contributed by atoms with E-state index >= 15 is 0 Å². The second kappa shape index (κ2) is 7.80. The fraction of sp³-hybridized carbons (Fsp3) is 0.316. The Balaban J connectivity index is 1.32. The molecule has 1 N–H and O–H groups in total. The molecule has 1 aromatic carbocycles. The van der Waals surface area contributed by atoms with Crippen LogP contribution in [0.4, 0.5) is 0 Å². The standard InChI is InChI=1S/C19H21N5OS/c25-19(15-3-1-4-17(11-15)24-13-20-21-14-24)22-16-6-8-23(9-7-16)12-18-5-2-10-26-18/h1-5,10-11,13-14,16H,6-9,12H2,(H,22,25). The van der Waals surface area contributed by atoms with Crippen molar-refractivity contribution in [2.24, 2.45) is 0 Å². The van der Waals surface area contributed by atoms with Gasteiger partial charge in [-0.3, -0.25) is 14.3 Å². The van der Waals surface area contributed by atoms with Crippen molar-refractivity contribution in [3.05, 3.63) is 64.9 Å². The third kappa shape index (κ3) is 4.00. The Morgan fingerprint density at radius 3 is 2.69 bits per heavy atom. The molecular formula is C19H21N5OS. The molecule has 1 aliphatic rings. The first-order valence-corrected chi connectivity index (χ1v) is 9.66. The molecule has 3 heterocycles. The summed E-state index contributed by atoms with van der Waals surface area (Å²) in [6.07, 6.45) is 5.23. The number of hydrogen-bond acceptors (Lipinski definition) is 5. The Labute approximate surface area is 156 Å². The molecule has 0 aliphatic carbocycles. The van der Waals surface area contributed by atoms with Crippen molar-refractivity contribution in [1.29, 1.82) is 0 Å². The van der Waals surface area contributed by atoms with E-state index in [-0.39, 0.29) is 11.9 Å². The van der Waals surface area contributed by atoms with Crippen molar-refractivity contribution >= 4 is 17.2 Å². The molecule has 1 fully saturated rings. The molecule has 0 bridgehead atoms. The number of nitrogens with zero attached hydrogens (tertiary/aromatic N) is 4. The van der Waals surface area contributed by atoms with Crippen LogP contribution in [0.3, 0.4) is 0 Å². The summed E-state index contributed by atoms with van der Waals surface area (Å²) in [4.78, 5) is 16.5. The minimum absolute atomic E-state index is 0.0170. The Bertz CT molecular complexity index is 839. The quantitative estimate of drug-likeness (QED) is 0.753. The van der Waals surface area contributed by atoms with Crippen LogP contribution in [0.25, 0.3) is 5.69 Å². The summed E-state index contributed by atoms with van der Waals surface area (Å²) in [5.74, 6) is -0.0170. The zero-order chi connectivity index (χ0) is 17.8. The molecule has 4 rings (SSSR count). The van der Waals surface area contributed by atoms with Gasteiger partial charge in [-0.25, -0.2) is 0 Å². The molecule has 134 valence electrons. The average Bonchev–Trinajstić information content (AvgIpc) is 3.37. The van der Waals surface area contributed by atoms with E-state index in [0.29, 0.717) is 5.56 Å². The van der Waals surface area contributed by atoms with Gasteiger partial charge < -0.3 is 5.32 Å². The Kier molecular flexibility index (Phi) is 5.08. The predicted octanol–water partition coefficient (Wildman–Crippen LogP) is 2.72. The van der Waals surface area contributed by atoms with E-state index in [1.165, 1.54) is 4.88 Å². The molecule has 0 spiro atoms. The van der Waals surface area contributed by atoms with Crippen molar-refractivity contribution in [2.75, 3.05) is 13.1 Å². The lowest BCUT2D eigenvalue weighted by atomic mass is 10.0. The van der Waals surface area contributed by atoms with E-state index in [1.807, 2.05) is 24.3 Å². The van der Waals surface area contributed by atoms with E-state index < -0.39 is 0 Å². The predicted molar refractivity (Wildman–Crippen MR) is 101 cm³/mol. The molecule has 26 heavy (non-hydrogen) atoms. The van der Waals surface area contributed by atoms with Gasteiger partial charge in [-0.1, -0.05) is 12.1 Å². The van der Waals surface area contributed by atoms with Crippen LogP contribution in [0.5, 0.6) is 0 Å². The maximum Gasteiger partial charge on any atom is 0.251 e. The molecule has 6 nitrogen and oxygen atoms in total. The molecule has 1 aliphatic heterocycles. The summed E-state index contributed by atoms with van der Waals surface area (Å²) in [6.45, 7) is 3.05. The molecular weight excluding hydrogens is 346 g/mol. The van der Waals surface area contributed by atoms with Crippen LogP contribution in [-0.4, -0.2) is 44.7 Å². The van der Waals surface area contributed by atoms with Crippen LogP contribution in [0.15, 0.2) is 54.4 Å². The molecule has 0 saturated carbocycles. The summed E-state index contributed by atoms with van der Waals surface area (Å²) >= 11 is 1.80. The Morgan fingerprint density at radius 1 is 1.15 bits per heavy atom. The first-order valence-electron chi connectivity index (χ1n) is 8.78.